The molecule has 2 rings (SSSR count). The molecule has 0 saturated heterocycles. The maximum absolute atomic E-state index is 12.6. The fraction of sp³-hybridized carbons (Fsp3) is 0.526. The molecule has 1 aromatic carbocycles. The van der Waals surface area contributed by atoms with E-state index in [1.54, 1.807) is 12.1 Å². The summed E-state index contributed by atoms with van der Waals surface area (Å²) < 4.78 is 5.46. The summed E-state index contributed by atoms with van der Waals surface area (Å²) in [5.41, 5.74) is -0.567. The largest absolute Gasteiger partial charge is 0.423 e. The molecule has 120 valence electrons. The first-order valence-electron chi connectivity index (χ1n) is 8.36. The number of carbonyl (C=O) groups is 1. The number of benzene rings is 1. The van der Waals surface area contributed by atoms with E-state index in [2.05, 4.69) is 6.92 Å². The molecule has 0 amide bonds. The molecule has 0 spiro atoms. The van der Waals surface area contributed by atoms with Gasteiger partial charge in [-0.25, -0.2) is 4.79 Å². The number of hydrogen-bond acceptors (Lipinski definition) is 3. The van der Waals surface area contributed by atoms with Crippen LogP contribution in [0.1, 0.15) is 58.3 Å². The lowest BCUT2D eigenvalue weighted by atomic mass is 9.79. The van der Waals surface area contributed by atoms with E-state index >= 15 is 0 Å². The number of allylic oxidation sites excluding steroid dienone is 1. The summed E-state index contributed by atoms with van der Waals surface area (Å²) in [5.74, 6) is 0.111. The highest BCUT2D eigenvalue weighted by molar-refractivity contribution is 5.92. The summed E-state index contributed by atoms with van der Waals surface area (Å²) in [6.07, 6.45) is 9.11. The van der Waals surface area contributed by atoms with Crippen molar-refractivity contribution in [3.05, 3.63) is 42.0 Å². The maximum atomic E-state index is 12.6. The fourth-order valence-electron chi connectivity index (χ4n) is 2.97. The Morgan fingerprint density at radius 3 is 2.55 bits per heavy atom. The molecule has 0 radical (unpaired) electrons. The Kier molecular flexibility index (Phi) is 6.20. The van der Waals surface area contributed by atoms with E-state index in [1.165, 1.54) is 0 Å². The monoisotopic (exact) mass is 302 g/mol. The number of esters is 1. The van der Waals surface area contributed by atoms with Crippen molar-refractivity contribution >= 4 is 5.97 Å². The lowest BCUT2D eigenvalue weighted by Crippen LogP contribution is -2.38. The SMILES string of the molecule is CCCC/C=C(\C(=O)Oc1ccccc1)C1(O)CCCCC1. The number of aliphatic hydroxyl groups is 1. The van der Waals surface area contributed by atoms with Crippen molar-refractivity contribution in [1.29, 1.82) is 0 Å². The van der Waals surface area contributed by atoms with Crippen LogP contribution in [0.5, 0.6) is 5.75 Å². The third-order valence-electron chi connectivity index (χ3n) is 4.26. The normalized spacial score (nSPS) is 18.0. The molecule has 0 aliphatic heterocycles. The van der Waals surface area contributed by atoms with Crippen LogP contribution in [0, 0.1) is 0 Å². The van der Waals surface area contributed by atoms with Crippen LogP contribution in [0.25, 0.3) is 0 Å². The molecule has 1 aliphatic rings. The van der Waals surface area contributed by atoms with E-state index in [1.807, 2.05) is 24.3 Å². The smallest absolute Gasteiger partial charge is 0.342 e. The lowest BCUT2D eigenvalue weighted by Gasteiger charge is -2.33. The first kappa shape index (κ1) is 16.8. The van der Waals surface area contributed by atoms with Crippen LogP contribution in [0.2, 0.25) is 0 Å². The minimum Gasteiger partial charge on any atom is -0.423 e. The van der Waals surface area contributed by atoms with Crippen LogP contribution >= 0.6 is 0 Å². The van der Waals surface area contributed by atoms with Crippen molar-refractivity contribution in [1.82, 2.24) is 0 Å². The predicted molar refractivity (Wildman–Crippen MR) is 87.7 cm³/mol. The second-order valence-electron chi connectivity index (χ2n) is 6.05. The van der Waals surface area contributed by atoms with Gasteiger partial charge in [-0.05, 0) is 31.4 Å². The van der Waals surface area contributed by atoms with E-state index in [9.17, 15) is 9.90 Å². The van der Waals surface area contributed by atoms with E-state index in [4.69, 9.17) is 4.74 Å². The Morgan fingerprint density at radius 1 is 1.23 bits per heavy atom. The molecule has 22 heavy (non-hydrogen) atoms. The molecule has 1 N–H and O–H groups in total. The molecule has 1 aromatic rings. The third kappa shape index (κ3) is 4.44. The maximum Gasteiger partial charge on any atom is 0.342 e. The van der Waals surface area contributed by atoms with Crippen molar-refractivity contribution < 1.29 is 14.6 Å². The van der Waals surface area contributed by atoms with E-state index in [0.29, 0.717) is 24.2 Å². The summed E-state index contributed by atoms with van der Waals surface area (Å²) in [6.45, 7) is 2.12. The van der Waals surface area contributed by atoms with E-state index < -0.39 is 11.6 Å². The van der Waals surface area contributed by atoms with E-state index in [0.717, 1.165) is 38.5 Å². The molecule has 1 saturated carbocycles. The second-order valence-corrected chi connectivity index (χ2v) is 6.05. The summed E-state index contributed by atoms with van der Waals surface area (Å²) in [7, 11) is 0. The second kappa shape index (κ2) is 8.14. The van der Waals surface area contributed by atoms with Crippen molar-refractivity contribution in [2.75, 3.05) is 0 Å². The van der Waals surface area contributed by atoms with Gasteiger partial charge in [0, 0.05) is 0 Å². The van der Waals surface area contributed by atoms with Gasteiger partial charge in [-0.15, -0.1) is 0 Å². The van der Waals surface area contributed by atoms with Crippen molar-refractivity contribution in [3.63, 3.8) is 0 Å². The van der Waals surface area contributed by atoms with Gasteiger partial charge in [0.2, 0.25) is 0 Å². The van der Waals surface area contributed by atoms with Gasteiger partial charge in [-0.1, -0.05) is 63.3 Å². The Morgan fingerprint density at radius 2 is 1.91 bits per heavy atom. The average molecular weight is 302 g/mol. The number of hydrogen-bond donors (Lipinski definition) is 1. The van der Waals surface area contributed by atoms with Crippen molar-refractivity contribution in [2.45, 2.75) is 63.9 Å². The molecular formula is C19H26O3. The Balaban J connectivity index is 2.16. The highest BCUT2D eigenvalue weighted by Crippen LogP contribution is 2.35. The first-order chi connectivity index (χ1) is 10.7. The molecule has 3 nitrogen and oxygen atoms in total. The minimum atomic E-state index is -1.02. The van der Waals surface area contributed by atoms with Gasteiger partial charge in [-0.2, -0.15) is 0 Å². The molecule has 1 fully saturated rings. The average Bonchev–Trinajstić information content (AvgIpc) is 2.53. The Bertz CT molecular complexity index is 499. The molecule has 0 bridgehead atoms. The lowest BCUT2D eigenvalue weighted by molar-refractivity contribution is -0.133. The van der Waals surface area contributed by atoms with E-state index in [-0.39, 0.29) is 0 Å². The number of ether oxygens (including phenoxy) is 1. The van der Waals surface area contributed by atoms with Gasteiger partial charge in [0.05, 0.1) is 11.2 Å². The molecule has 0 heterocycles. The number of rotatable bonds is 6. The number of para-hydroxylation sites is 1. The Labute approximate surface area is 133 Å². The van der Waals surface area contributed by atoms with Gasteiger partial charge >= 0.3 is 5.97 Å². The van der Waals surface area contributed by atoms with Gasteiger partial charge in [0.25, 0.3) is 0 Å². The third-order valence-corrected chi connectivity index (χ3v) is 4.26. The highest BCUT2D eigenvalue weighted by Gasteiger charge is 2.37. The summed E-state index contributed by atoms with van der Waals surface area (Å²) in [5, 5.41) is 10.9. The zero-order valence-electron chi connectivity index (χ0n) is 13.4. The van der Waals surface area contributed by atoms with Crippen molar-refractivity contribution in [3.8, 4) is 5.75 Å². The van der Waals surface area contributed by atoms with Crippen molar-refractivity contribution in [2.24, 2.45) is 0 Å². The van der Waals surface area contributed by atoms with Crippen LogP contribution in [0.4, 0.5) is 0 Å². The van der Waals surface area contributed by atoms with Gasteiger partial charge in [0.15, 0.2) is 0 Å². The van der Waals surface area contributed by atoms with Gasteiger partial charge < -0.3 is 9.84 Å². The van der Waals surface area contributed by atoms with Crippen LogP contribution in [0.3, 0.4) is 0 Å². The van der Waals surface area contributed by atoms with Gasteiger partial charge in [0.1, 0.15) is 5.75 Å². The zero-order chi connectivity index (χ0) is 15.8. The van der Waals surface area contributed by atoms with Gasteiger partial charge in [-0.3, -0.25) is 0 Å². The number of unbranched alkanes of at least 4 members (excludes halogenated alkanes) is 2. The quantitative estimate of drug-likeness (QED) is 0.366. The Hall–Kier alpha value is -1.61. The molecule has 0 atom stereocenters. The fourth-order valence-corrected chi connectivity index (χ4v) is 2.97. The predicted octanol–water partition coefficient (Wildman–Crippen LogP) is 4.40. The van der Waals surface area contributed by atoms with Crippen LogP contribution < -0.4 is 4.74 Å². The summed E-state index contributed by atoms with van der Waals surface area (Å²) in [4.78, 5) is 12.6. The molecule has 0 aromatic heterocycles. The molecule has 3 heteroatoms. The first-order valence-corrected chi connectivity index (χ1v) is 8.36. The standard InChI is InChI=1S/C19H26O3/c1-2-3-6-13-17(19(21)14-9-5-10-15-19)18(20)22-16-11-7-4-8-12-16/h4,7-8,11-13,21H,2-3,5-6,9-10,14-15H2,1H3/b17-13+. The molecule has 0 unspecified atom stereocenters. The summed E-state index contributed by atoms with van der Waals surface area (Å²) in [6, 6.07) is 9.06. The zero-order valence-corrected chi connectivity index (χ0v) is 13.4. The highest BCUT2D eigenvalue weighted by atomic mass is 16.5. The van der Waals surface area contributed by atoms with Crippen LogP contribution in [-0.2, 0) is 4.79 Å². The molecule has 1 aliphatic carbocycles. The topological polar surface area (TPSA) is 46.5 Å². The van der Waals surface area contributed by atoms with Crippen LogP contribution in [-0.4, -0.2) is 16.7 Å². The minimum absolute atomic E-state index is 0.410. The number of carbonyl (C=O) groups excluding carboxylic acids is 1. The summed E-state index contributed by atoms with van der Waals surface area (Å²) >= 11 is 0. The van der Waals surface area contributed by atoms with Crippen LogP contribution in [0.15, 0.2) is 42.0 Å². The molecular weight excluding hydrogens is 276 g/mol.